The van der Waals surface area contributed by atoms with Crippen LogP contribution in [0, 0.1) is 0 Å². The molecule has 4 heteroatoms. The monoisotopic (exact) mass is 440 g/mol. The first-order valence-electron chi connectivity index (χ1n) is 9.91. The minimum atomic E-state index is 0.486. The number of fused-ring (bicyclic) bond motifs is 2. The van der Waals surface area contributed by atoms with E-state index in [1.165, 1.54) is 0 Å². The lowest BCUT2D eigenvalue weighted by Crippen LogP contribution is -1.93. The van der Waals surface area contributed by atoms with E-state index in [9.17, 15) is 0 Å². The van der Waals surface area contributed by atoms with E-state index in [1.54, 1.807) is 12.3 Å². The van der Waals surface area contributed by atoms with Gasteiger partial charge in [0.25, 0.3) is 0 Å². The molecule has 0 spiro atoms. The summed E-state index contributed by atoms with van der Waals surface area (Å²) in [4.78, 5) is 4.83. The van der Waals surface area contributed by atoms with E-state index >= 15 is 0 Å². The molecule has 0 unspecified atom stereocenters. The fourth-order valence-corrected chi connectivity index (χ4v) is 4.31. The third kappa shape index (κ3) is 3.54. The van der Waals surface area contributed by atoms with Gasteiger partial charge in [-0.05, 0) is 39.7 Å². The second-order valence-corrected chi connectivity index (χ2v) is 8.12. The maximum atomic E-state index is 6.54. The number of rotatable bonds is 3. The van der Waals surface area contributed by atoms with Crippen molar-refractivity contribution in [2.24, 2.45) is 4.99 Å². The van der Waals surface area contributed by atoms with Gasteiger partial charge in [-0.15, -0.1) is 0 Å². The molecule has 0 heterocycles. The van der Waals surface area contributed by atoms with E-state index in [0.717, 1.165) is 43.9 Å². The normalized spacial score (nSPS) is 11.5. The molecule has 2 nitrogen and oxygen atoms in total. The highest BCUT2D eigenvalue weighted by Gasteiger charge is 2.15. The molecular weight excluding hydrogens is 423 g/mol. The van der Waals surface area contributed by atoms with Crippen molar-refractivity contribution in [3.63, 3.8) is 0 Å². The summed E-state index contributed by atoms with van der Waals surface area (Å²) in [6.07, 6.45) is 1.75. The van der Waals surface area contributed by atoms with Crippen molar-refractivity contribution in [3.05, 3.63) is 107 Å². The topological polar surface area (TPSA) is 38.4 Å². The van der Waals surface area contributed by atoms with E-state index < -0.39 is 0 Å². The van der Waals surface area contributed by atoms with Crippen LogP contribution in [0.1, 0.15) is 5.56 Å². The minimum Gasteiger partial charge on any atom is -0.398 e. The molecule has 0 saturated heterocycles. The van der Waals surface area contributed by atoms with Gasteiger partial charge in [-0.25, -0.2) is 0 Å². The van der Waals surface area contributed by atoms with Crippen LogP contribution in [0.3, 0.4) is 0 Å². The minimum absolute atomic E-state index is 0.486. The number of aliphatic imine (C=N–C) groups is 1. The van der Waals surface area contributed by atoms with Crippen LogP contribution in [0.15, 0.2) is 96.0 Å². The quantitative estimate of drug-likeness (QED) is 0.222. The number of halogens is 2. The zero-order chi connectivity index (χ0) is 21.4. The fourth-order valence-electron chi connectivity index (χ4n) is 3.96. The summed E-state index contributed by atoms with van der Waals surface area (Å²) in [7, 11) is 0. The smallest absolute Gasteiger partial charge is 0.0715 e. The molecule has 5 aromatic rings. The van der Waals surface area contributed by atoms with Gasteiger partial charge in [0.2, 0.25) is 0 Å². The number of benzene rings is 5. The van der Waals surface area contributed by atoms with Crippen LogP contribution in [0.2, 0.25) is 10.0 Å². The van der Waals surface area contributed by atoms with Crippen molar-refractivity contribution in [1.82, 2.24) is 0 Å². The largest absolute Gasteiger partial charge is 0.398 e. The van der Waals surface area contributed by atoms with Crippen LogP contribution in [0.5, 0.6) is 0 Å². The molecule has 0 amide bonds. The molecule has 5 rings (SSSR count). The average molecular weight is 441 g/mol. The Morgan fingerprint density at radius 1 is 0.645 bits per heavy atom. The van der Waals surface area contributed by atoms with Gasteiger partial charge in [0.1, 0.15) is 0 Å². The van der Waals surface area contributed by atoms with Gasteiger partial charge in [-0.2, -0.15) is 0 Å². The van der Waals surface area contributed by atoms with Crippen LogP contribution in [0.4, 0.5) is 11.4 Å². The zero-order valence-electron chi connectivity index (χ0n) is 16.5. The SMILES string of the molecule is Nc1ccc2ccccc2c1-c1c(N=Cc2cccc(Cl)c2Cl)ccc2ccccc12. The van der Waals surface area contributed by atoms with Crippen molar-refractivity contribution in [2.75, 3.05) is 5.73 Å². The Balaban J connectivity index is 1.81. The molecule has 0 aliphatic rings. The van der Waals surface area contributed by atoms with E-state index in [-0.39, 0.29) is 0 Å². The van der Waals surface area contributed by atoms with Gasteiger partial charge >= 0.3 is 0 Å². The molecule has 150 valence electrons. The molecule has 0 saturated carbocycles. The molecular formula is C27H18Cl2N2. The fraction of sp³-hybridized carbons (Fsp3) is 0. The second-order valence-electron chi connectivity index (χ2n) is 7.33. The van der Waals surface area contributed by atoms with E-state index in [4.69, 9.17) is 33.9 Å². The number of hydrogen-bond acceptors (Lipinski definition) is 2. The highest BCUT2D eigenvalue weighted by atomic mass is 35.5. The Labute approximate surface area is 190 Å². The van der Waals surface area contributed by atoms with Gasteiger partial charge in [0, 0.05) is 28.6 Å². The lowest BCUT2D eigenvalue weighted by molar-refractivity contribution is 1.54. The summed E-state index contributed by atoms with van der Waals surface area (Å²) in [6.45, 7) is 0. The number of anilines is 1. The van der Waals surface area contributed by atoms with Crippen molar-refractivity contribution < 1.29 is 0 Å². The Kier molecular flexibility index (Phi) is 5.11. The maximum absolute atomic E-state index is 6.54. The number of hydrogen-bond donors (Lipinski definition) is 1. The lowest BCUT2D eigenvalue weighted by Gasteiger charge is -2.15. The molecule has 0 aliphatic carbocycles. The Morgan fingerprint density at radius 3 is 2.03 bits per heavy atom. The standard InChI is InChI=1S/C27H18Cl2N2/c28-22-11-5-8-19(27(22)29)16-31-24-15-13-18-7-2-4-10-21(18)26(24)25-20-9-3-1-6-17(20)12-14-23(25)30/h1-16H,30H2. The summed E-state index contributed by atoms with van der Waals surface area (Å²) < 4.78 is 0. The van der Waals surface area contributed by atoms with Crippen LogP contribution in [0.25, 0.3) is 32.7 Å². The number of nitrogen functional groups attached to an aromatic ring is 1. The van der Waals surface area contributed by atoms with Gasteiger partial charge < -0.3 is 5.73 Å². The van der Waals surface area contributed by atoms with Gasteiger partial charge in [-0.1, -0.05) is 96.0 Å². The highest BCUT2D eigenvalue weighted by molar-refractivity contribution is 6.43. The first kappa shape index (κ1) is 19.6. The lowest BCUT2D eigenvalue weighted by atomic mass is 9.91. The van der Waals surface area contributed by atoms with Crippen molar-refractivity contribution in [1.29, 1.82) is 0 Å². The third-order valence-corrected chi connectivity index (χ3v) is 6.28. The molecule has 2 N–H and O–H groups in total. The molecule has 0 fully saturated rings. The summed E-state index contributed by atoms with van der Waals surface area (Å²) in [5.41, 5.74) is 10.8. The first-order valence-corrected chi connectivity index (χ1v) is 10.7. The molecule has 0 bridgehead atoms. The second kappa shape index (κ2) is 8.07. The average Bonchev–Trinajstić information content (AvgIpc) is 2.80. The Bertz CT molecular complexity index is 1470. The van der Waals surface area contributed by atoms with Gasteiger partial charge in [-0.3, -0.25) is 4.99 Å². The van der Waals surface area contributed by atoms with Gasteiger partial charge in [0.15, 0.2) is 0 Å². The summed E-state index contributed by atoms with van der Waals surface area (Å²) in [5, 5.41) is 5.44. The van der Waals surface area contributed by atoms with Crippen molar-refractivity contribution in [3.8, 4) is 11.1 Å². The Morgan fingerprint density at radius 2 is 1.29 bits per heavy atom. The van der Waals surface area contributed by atoms with E-state index in [2.05, 4.69) is 30.3 Å². The van der Waals surface area contributed by atoms with Crippen molar-refractivity contribution in [2.45, 2.75) is 0 Å². The molecule has 0 atom stereocenters. The van der Waals surface area contributed by atoms with E-state index in [0.29, 0.717) is 15.7 Å². The summed E-state index contributed by atoms with van der Waals surface area (Å²) in [5.74, 6) is 0. The Hall–Kier alpha value is -3.33. The molecule has 0 aliphatic heterocycles. The zero-order valence-corrected chi connectivity index (χ0v) is 18.0. The van der Waals surface area contributed by atoms with E-state index in [1.807, 2.05) is 54.6 Å². The maximum Gasteiger partial charge on any atom is 0.0715 e. The summed E-state index contributed by atoms with van der Waals surface area (Å²) >= 11 is 12.5. The molecule has 0 aromatic heterocycles. The summed E-state index contributed by atoms with van der Waals surface area (Å²) in [6, 6.07) is 30.2. The number of nitrogens with zero attached hydrogens (tertiary/aromatic N) is 1. The van der Waals surface area contributed by atoms with Crippen molar-refractivity contribution >= 4 is 62.3 Å². The first-order chi connectivity index (χ1) is 15.1. The predicted molar refractivity (Wildman–Crippen MR) is 135 cm³/mol. The molecule has 31 heavy (non-hydrogen) atoms. The molecule has 0 radical (unpaired) electrons. The number of nitrogens with two attached hydrogens (primary N) is 1. The van der Waals surface area contributed by atoms with Crippen LogP contribution in [-0.2, 0) is 0 Å². The predicted octanol–water partition coefficient (Wildman–Crippen LogP) is 8.30. The van der Waals surface area contributed by atoms with Crippen LogP contribution in [-0.4, -0.2) is 6.21 Å². The van der Waals surface area contributed by atoms with Crippen LogP contribution < -0.4 is 5.73 Å². The molecule has 5 aromatic carbocycles. The highest BCUT2D eigenvalue weighted by Crippen LogP contribution is 2.43. The van der Waals surface area contributed by atoms with Gasteiger partial charge in [0.05, 0.1) is 15.7 Å². The third-order valence-electron chi connectivity index (χ3n) is 5.44. The van der Waals surface area contributed by atoms with Crippen LogP contribution >= 0.6 is 23.2 Å².